The van der Waals surface area contributed by atoms with Crippen molar-refractivity contribution in [3.8, 4) is 0 Å². The molecule has 20 heavy (non-hydrogen) atoms. The van der Waals surface area contributed by atoms with E-state index >= 15 is 0 Å². The molecule has 1 aliphatic rings. The molecule has 1 aromatic rings. The molecule has 4 nitrogen and oxygen atoms in total. The summed E-state index contributed by atoms with van der Waals surface area (Å²) in [5.41, 5.74) is 0.245. The van der Waals surface area contributed by atoms with Gasteiger partial charge in [-0.15, -0.1) is 0 Å². The molecule has 1 fully saturated rings. The highest BCUT2D eigenvalue weighted by Crippen LogP contribution is 2.26. The summed E-state index contributed by atoms with van der Waals surface area (Å²) in [6, 6.07) is 0. The maximum atomic E-state index is 14.5. The maximum Gasteiger partial charge on any atom is 0.170 e. The number of aliphatic hydroxyl groups excluding tert-OH is 1. The third-order valence-electron chi connectivity index (χ3n) is 3.69. The third kappa shape index (κ3) is 3.24. The monoisotopic (exact) mass is 285 g/mol. The molecule has 2 heterocycles. The molecule has 0 amide bonds. The number of piperazine rings is 1. The van der Waals surface area contributed by atoms with E-state index in [4.69, 9.17) is 5.11 Å². The minimum Gasteiger partial charge on any atom is -0.396 e. The molecule has 0 radical (unpaired) electrons. The van der Waals surface area contributed by atoms with Crippen LogP contribution in [0.15, 0.2) is 6.20 Å². The molecule has 1 aromatic heterocycles. The van der Waals surface area contributed by atoms with Gasteiger partial charge in [0.25, 0.3) is 0 Å². The van der Waals surface area contributed by atoms with Gasteiger partial charge >= 0.3 is 0 Å². The van der Waals surface area contributed by atoms with Crippen LogP contribution in [0.3, 0.4) is 0 Å². The quantitative estimate of drug-likeness (QED) is 0.905. The molecule has 0 aliphatic carbocycles. The lowest BCUT2D eigenvalue weighted by atomic mass is 10.1. The molecule has 0 aromatic carbocycles. The fourth-order valence-corrected chi connectivity index (χ4v) is 2.35. The number of aliphatic hydroxyl groups is 1. The van der Waals surface area contributed by atoms with E-state index in [1.54, 1.807) is 11.8 Å². The minimum absolute atomic E-state index is 0.0215. The Balaban J connectivity index is 2.25. The molecule has 112 valence electrons. The van der Waals surface area contributed by atoms with Crippen molar-refractivity contribution in [2.45, 2.75) is 13.3 Å². The van der Waals surface area contributed by atoms with Gasteiger partial charge in [0.05, 0.1) is 11.9 Å². The van der Waals surface area contributed by atoms with Crippen LogP contribution in [0.4, 0.5) is 14.5 Å². The second-order valence-electron chi connectivity index (χ2n) is 5.50. The first-order valence-corrected chi connectivity index (χ1v) is 6.90. The lowest BCUT2D eigenvalue weighted by Crippen LogP contribution is -2.45. The molecule has 0 bridgehead atoms. The Bertz CT molecular complexity index is 462. The number of rotatable bonds is 4. The largest absolute Gasteiger partial charge is 0.396 e. The lowest BCUT2D eigenvalue weighted by Gasteiger charge is -2.34. The molecule has 0 saturated carbocycles. The van der Waals surface area contributed by atoms with Crippen LogP contribution < -0.4 is 4.90 Å². The average Bonchev–Trinajstić information content (AvgIpc) is 2.44. The molecule has 6 heteroatoms. The number of nitrogens with zero attached hydrogens (tertiary/aromatic N) is 3. The van der Waals surface area contributed by atoms with Crippen molar-refractivity contribution in [2.24, 2.45) is 5.92 Å². The van der Waals surface area contributed by atoms with Crippen LogP contribution in [0.5, 0.6) is 0 Å². The molecular formula is C14H21F2N3O. The maximum absolute atomic E-state index is 14.5. The van der Waals surface area contributed by atoms with Crippen LogP contribution in [0.2, 0.25) is 0 Å². The zero-order valence-electron chi connectivity index (χ0n) is 11.9. The normalized spacial score (nSPS) is 18.4. The highest BCUT2D eigenvalue weighted by atomic mass is 19.1. The predicted molar refractivity (Wildman–Crippen MR) is 73.8 cm³/mol. The Morgan fingerprint density at radius 3 is 2.55 bits per heavy atom. The van der Waals surface area contributed by atoms with E-state index in [2.05, 4.69) is 9.88 Å². The number of halogens is 2. The third-order valence-corrected chi connectivity index (χ3v) is 3.69. The first-order chi connectivity index (χ1) is 9.52. The summed E-state index contributed by atoms with van der Waals surface area (Å²) in [5, 5.41) is 9.05. The molecule has 0 unspecified atom stereocenters. The van der Waals surface area contributed by atoms with Crippen molar-refractivity contribution >= 4 is 5.69 Å². The highest BCUT2D eigenvalue weighted by molar-refractivity contribution is 5.50. The van der Waals surface area contributed by atoms with Gasteiger partial charge in [-0.05, 0) is 19.4 Å². The Morgan fingerprint density at radius 1 is 1.30 bits per heavy atom. The van der Waals surface area contributed by atoms with Crippen molar-refractivity contribution in [1.82, 2.24) is 9.88 Å². The number of likely N-dealkylation sites (N-methyl/N-ethyl adjacent to an activating group) is 1. The molecular weight excluding hydrogens is 264 g/mol. The van der Waals surface area contributed by atoms with Gasteiger partial charge in [-0.2, -0.15) is 0 Å². The fraction of sp³-hybridized carbons (Fsp3) is 0.643. The van der Waals surface area contributed by atoms with Gasteiger partial charge in [-0.3, -0.25) is 4.98 Å². The van der Waals surface area contributed by atoms with Crippen LogP contribution in [-0.2, 0) is 6.42 Å². The number of hydrogen-bond donors (Lipinski definition) is 1. The zero-order chi connectivity index (χ0) is 14.7. The van der Waals surface area contributed by atoms with E-state index < -0.39 is 11.6 Å². The van der Waals surface area contributed by atoms with Crippen LogP contribution in [0.1, 0.15) is 12.6 Å². The molecule has 1 N–H and O–H groups in total. The summed E-state index contributed by atoms with van der Waals surface area (Å²) < 4.78 is 28.4. The lowest BCUT2D eigenvalue weighted by molar-refractivity contribution is 0.235. The number of hydrogen-bond acceptors (Lipinski definition) is 4. The van der Waals surface area contributed by atoms with Crippen molar-refractivity contribution in [2.75, 3.05) is 44.7 Å². The number of anilines is 1. The SMILES string of the molecule is C[C@@H](CO)Cc1ncc(F)c(N2CCN(C)CC2)c1F. The van der Waals surface area contributed by atoms with Gasteiger partial charge in [0.15, 0.2) is 11.6 Å². The van der Waals surface area contributed by atoms with Gasteiger partial charge < -0.3 is 14.9 Å². The Labute approximate surface area is 118 Å². The van der Waals surface area contributed by atoms with Gasteiger partial charge in [0.1, 0.15) is 5.69 Å². The summed E-state index contributed by atoms with van der Waals surface area (Å²) in [7, 11) is 1.99. The summed E-state index contributed by atoms with van der Waals surface area (Å²) in [6.07, 6.45) is 1.39. The van der Waals surface area contributed by atoms with Crippen molar-refractivity contribution < 1.29 is 13.9 Å². The van der Waals surface area contributed by atoms with Crippen LogP contribution in [0.25, 0.3) is 0 Å². The first-order valence-electron chi connectivity index (χ1n) is 6.90. The predicted octanol–water partition coefficient (Wildman–Crippen LogP) is 1.28. The van der Waals surface area contributed by atoms with Gasteiger partial charge in [-0.1, -0.05) is 6.92 Å². The van der Waals surface area contributed by atoms with E-state index in [-0.39, 0.29) is 23.9 Å². The first kappa shape index (κ1) is 15.1. The Morgan fingerprint density at radius 2 is 1.95 bits per heavy atom. The Hall–Kier alpha value is -1.27. The summed E-state index contributed by atoms with van der Waals surface area (Å²) in [4.78, 5) is 7.70. The topological polar surface area (TPSA) is 39.6 Å². The van der Waals surface area contributed by atoms with E-state index in [9.17, 15) is 8.78 Å². The minimum atomic E-state index is -0.618. The highest BCUT2D eigenvalue weighted by Gasteiger charge is 2.24. The zero-order valence-corrected chi connectivity index (χ0v) is 11.9. The van der Waals surface area contributed by atoms with E-state index in [1.807, 2.05) is 7.05 Å². The number of aromatic nitrogens is 1. The van der Waals surface area contributed by atoms with Crippen LogP contribution in [-0.4, -0.2) is 54.8 Å². The molecule has 1 aliphatic heterocycles. The van der Waals surface area contributed by atoms with E-state index in [0.717, 1.165) is 19.3 Å². The van der Waals surface area contributed by atoms with Crippen molar-refractivity contribution in [1.29, 1.82) is 0 Å². The fourth-order valence-electron chi connectivity index (χ4n) is 2.35. The second kappa shape index (κ2) is 6.45. The van der Waals surface area contributed by atoms with Gasteiger partial charge in [0, 0.05) is 32.8 Å². The molecule has 2 rings (SSSR count). The second-order valence-corrected chi connectivity index (χ2v) is 5.50. The molecule has 1 saturated heterocycles. The summed E-state index contributed by atoms with van der Waals surface area (Å²) >= 11 is 0. The van der Waals surface area contributed by atoms with Crippen LogP contribution >= 0.6 is 0 Å². The van der Waals surface area contributed by atoms with Gasteiger partial charge in [-0.25, -0.2) is 8.78 Å². The van der Waals surface area contributed by atoms with E-state index in [1.165, 1.54) is 0 Å². The van der Waals surface area contributed by atoms with Crippen molar-refractivity contribution in [3.63, 3.8) is 0 Å². The standard InChI is InChI=1S/C14H21F2N3O/c1-10(9-20)7-12-13(16)14(11(15)8-17-12)19-5-3-18(2)4-6-19/h8,10,20H,3-7,9H2,1-2H3/t10-/m1/s1. The average molecular weight is 285 g/mol. The summed E-state index contributed by atoms with van der Waals surface area (Å²) in [5.74, 6) is -1.30. The molecule has 1 atom stereocenters. The Kier molecular flexibility index (Phi) is 4.88. The smallest absolute Gasteiger partial charge is 0.170 e. The van der Waals surface area contributed by atoms with Gasteiger partial charge in [0.2, 0.25) is 0 Å². The number of pyridine rings is 1. The molecule has 0 spiro atoms. The van der Waals surface area contributed by atoms with Crippen LogP contribution in [0, 0.1) is 17.6 Å². The van der Waals surface area contributed by atoms with Crippen molar-refractivity contribution in [3.05, 3.63) is 23.5 Å². The summed E-state index contributed by atoms with van der Waals surface area (Å²) in [6.45, 7) is 4.53. The van der Waals surface area contributed by atoms with E-state index in [0.29, 0.717) is 19.5 Å².